The van der Waals surface area contributed by atoms with Gasteiger partial charge in [-0.25, -0.2) is 0 Å². The summed E-state index contributed by atoms with van der Waals surface area (Å²) < 4.78 is 0.824. The lowest BCUT2D eigenvalue weighted by atomic mass is 10.0. The van der Waals surface area contributed by atoms with Crippen molar-refractivity contribution in [2.75, 3.05) is 0 Å². The van der Waals surface area contributed by atoms with E-state index in [9.17, 15) is 4.79 Å². The molecule has 0 saturated carbocycles. The van der Waals surface area contributed by atoms with Crippen molar-refractivity contribution < 1.29 is 4.79 Å². The minimum absolute atomic E-state index is 0.0439. The molecular formula is C16H12BrNO. The molecule has 2 aromatic carbocycles. The van der Waals surface area contributed by atoms with E-state index in [-0.39, 0.29) is 5.78 Å². The van der Waals surface area contributed by atoms with Crippen LogP contribution in [0.25, 0.3) is 10.9 Å². The number of H-pyrrole nitrogens is 1. The molecule has 0 saturated heterocycles. The standard InChI is InChI=1S/C16H12BrNO/c1-10-15(12-7-3-5-9-14(12)18-10)16(19)11-6-2-4-8-13(11)17/h2-9,18H,1H3. The molecule has 1 heterocycles. The number of halogens is 1. The van der Waals surface area contributed by atoms with Crippen LogP contribution in [-0.2, 0) is 0 Å². The molecule has 1 N–H and O–H groups in total. The van der Waals surface area contributed by atoms with Crippen LogP contribution < -0.4 is 0 Å². The SMILES string of the molecule is Cc1[nH]c2ccccc2c1C(=O)c1ccccc1Br. The van der Waals surface area contributed by atoms with E-state index in [2.05, 4.69) is 20.9 Å². The molecule has 0 spiro atoms. The Morgan fingerprint density at radius 1 is 1.05 bits per heavy atom. The van der Waals surface area contributed by atoms with E-state index >= 15 is 0 Å². The van der Waals surface area contributed by atoms with Gasteiger partial charge in [-0.3, -0.25) is 4.79 Å². The van der Waals surface area contributed by atoms with E-state index in [0.29, 0.717) is 5.56 Å². The lowest BCUT2D eigenvalue weighted by Crippen LogP contribution is -2.03. The third-order valence-corrected chi connectivity index (χ3v) is 3.93. The maximum absolute atomic E-state index is 12.7. The third kappa shape index (κ3) is 2.00. The summed E-state index contributed by atoms with van der Waals surface area (Å²) in [6.45, 7) is 1.93. The second-order valence-electron chi connectivity index (χ2n) is 4.48. The summed E-state index contributed by atoms with van der Waals surface area (Å²) in [5, 5.41) is 0.973. The third-order valence-electron chi connectivity index (χ3n) is 3.24. The number of fused-ring (bicyclic) bond motifs is 1. The average molecular weight is 314 g/mol. The summed E-state index contributed by atoms with van der Waals surface area (Å²) in [6.07, 6.45) is 0. The van der Waals surface area contributed by atoms with Gasteiger partial charge in [0.05, 0.1) is 5.56 Å². The number of carbonyl (C=O) groups excluding carboxylic acids is 1. The summed E-state index contributed by atoms with van der Waals surface area (Å²) in [5.74, 6) is 0.0439. The molecule has 0 aliphatic heterocycles. The van der Waals surface area contributed by atoms with Gasteiger partial charge in [-0.1, -0.05) is 46.3 Å². The van der Waals surface area contributed by atoms with Crippen molar-refractivity contribution in [2.45, 2.75) is 6.92 Å². The number of aromatic amines is 1. The predicted octanol–water partition coefficient (Wildman–Crippen LogP) is 4.47. The number of aromatic nitrogens is 1. The lowest BCUT2D eigenvalue weighted by molar-refractivity contribution is 0.103. The molecule has 3 rings (SSSR count). The fourth-order valence-electron chi connectivity index (χ4n) is 2.35. The highest BCUT2D eigenvalue weighted by molar-refractivity contribution is 9.10. The first kappa shape index (κ1) is 12.2. The van der Waals surface area contributed by atoms with Crippen molar-refractivity contribution in [1.29, 1.82) is 0 Å². The molecule has 1 aromatic heterocycles. The molecule has 19 heavy (non-hydrogen) atoms. The van der Waals surface area contributed by atoms with Crippen LogP contribution in [0.4, 0.5) is 0 Å². The molecule has 3 heteroatoms. The number of hydrogen-bond acceptors (Lipinski definition) is 1. The Bertz CT molecular complexity index is 773. The minimum Gasteiger partial charge on any atom is -0.358 e. The van der Waals surface area contributed by atoms with Gasteiger partial charge in [0.1, 0.15) is 0 Å². The van der Waals surface area contributed by atoms with Gasteiger partial charge in [-0.05, 0) is 25.1 Å². The van der Waals surface area contributed by atoms with E-state index in [4.69, 9.17) is 0 Å². The number of carbonyl (C=O) groups is 1. The highest BCUT2D eigenvalue weighted by Crippen LogP contribution is 2.27. The van der Waals surface area contributed by atoms with E-state index in [1.54, 1.807) is 0 Å². The van der Waals surface area contributed by atoms with Gasteiger partial charge in [0, 0.05) is 26.6 Å². The fourth-order valence-corrected chi connectivity index (χ4v) is 2.81. The molecule has 0 aliphatic carbocycles. The molecule has 0 amide bonds. The normalized spacial score (nSPS) is 10.8. The van der Waals surface area contributed by atoms with Crippen molar-refractivity contribution in [2.24, 2.45) is 0 Å². The zero-order valence-corrected chi connectivity index (χ0v) is 12.0. The second-order valence-corrected chi connectivity index (χ2v) is 5.33. The Balaban J connectivity index is 2.23. The summed E-state index contributed by atoms with van der Waals surface area (Å²) >= 11 is 3.44. The van der Waals surface area contributed by atoms with Gasteiger partial charge in [0.25, 0.3) is 0 Å². The summed E-state index contributed by atoms with van der Waals surface area (Å²) in [7, 11) is 0. The largest absolute Gasteiger partial charge is 0.358 e. The highest BCUT2D eigenvalue weighted by Gasteiger charge is 2.18. The van der Waals surface area contributed by atoms with E-state index in [1.165, 1.54) is 0 Å². The number of ketones is 1. The maximum atomic E-state index is 12.7. The van der Waals surface area contributed by atoms with Gasteiger partial charge in [-0.2, -0.15) is 0 Å². The molecule has 0 atom stereocenters. The lowest BCUT2D eigenvalue weighted by Gasteiger charge is -2.03. The Kier molecular flexibility index (Phi) is 2.99. The van der Waals surface area contributed by atoms with Crippen LogP contribution in [-0.4, -0.2) is 10.8 Å². The summed E-state index contributed by atoms with van der Waals surface area (Å²) in [5.41, 5.74) is 3.34. The quantitative estimate of drug-likeness (QED) is 0.696. The smallest absolute Gasteiger partial charge is 0.196 e. The van der Waals surface area contributed by atoms with Crippen LogP contribution in [0.1, 0.15) is 21.6 Å². The van der Waals surface area contributed by atoms with Crippen molar-refractivity contribution >= 4 is 32.6 Å². The maximum Gasteiger partial charge on any atom is 0.196 e. The molecule has 94 valence electrons. The number of rotatable bonds is 2. The van der Waals surface area contributed by atoms with Crippen LogP contribution in [0.3, 0.4) is 0 Å². The average Bonchev–Trinajstić information content (AvgIpc) is 2.74. The van der Waals surface area contributed by atoms with Gasteiger partial charge < -0.3 is 4.98 Å². The number of aryl methyl sites for hydroxylation is 1. The number of para-hydroxylation sites is 1. The van der Waals surface area contributed by atoms with E-state index in [0.717, 1.165) is 26.6 Å². The molecule has 0 radical (unpaired) electrons. The predicted molar refractivity (Wildman–Crippen MR) is 80.6 cm³/mol. The Hall–Kier alpha value is -1.87. The monoisotopic (exact) mass is 313 g/mol. The van der Waals surface area contributed by atoms with Crippen molar-refractivity contribution in [3.63, 3.8) is 0 Å². The summed E-state index contributed by atoms with van der Waals surface area (Å²) in [4.78, 5) is 16.0. The van der Waals surface area contributed by atoms with Gasteiger partial charge in [0.15, 0.2) is 5.78 Å². The highest BCUT2D eigenvalue weighted by atomic mass is 79.9. The van der Waals surface area contributed by atoms with Crippen molar-refractivity contribution in [3.8, 4) is 0 Å². The van der Waals surface area contributed by atoms with Crippen LogP contribution in [0.5, 0.6) is 0 Å². The fraction of sp³-hybridized carbons (Fsp3) is 0.0625. The van der Waals surface area contributed by atoms with Gasteiger partial charge in [-0.15, -0.1) is 0 Å². The molecule has 0 unspecified atom stereocenters. The molecule has 0 aliphatic rings. The Morgan fingerprint density at radius 3 is 2.53 bits per heavy atom. The Labute approximate surface area is 119 Å². The first-order valence-electron chi connectivity index (χ1n) is 6.05. The number of hydrogen-bond donors (Lipinski definition) is 1. The molecule has 0 bridgehead atoms. The van der Waals surface area contributed by atoms with Crippen molar-refractivity contribution in [1.82, 2.24) is 4.98 Å². The zero-order chi connectivity index (χ0) is 13.4. The van der Waals surface area contributed by atoms with Crippen molar-refractivity contribution in [3.05, 3.63) is 69.8 Å². The molecule has 3 aromatic rings. The first-order chi connectivity index (χ1) is 9.18. The van der Waals surface area contributed by atoms with Crippen LogP contribution in [0.15, 0.2) is 53.0 Å². The minimum atomic E-state index is 0.0439. The first-order valence-corrected chi connectivity index (χ1v) is 6.84. The molecule has 0 fully saturated rings. The number of nitrogens with one attached hydrogen (secondary N) is 1. The topological polar surface area (TPSA) is 32.9 Å². The summed E-state index contributed by atoms with van der Waals surface area (Å²) in [6, 6.07) is 15.4. The molecular weight excluding hydrogens is 302 g/mol. The van der Waals surface area contributed by atoms with E-state index < -0.39 is 0 Å². The van der Waals surface area contributed by atoms with Crippen LogP contribution in [0.2, 0.25) is 0 Å². The molecule has 2 nitrogen and oxygen atoms in total. The van der Waals surface area contributed by atoms with Crippen LogP contribution in [0, 0.1) is 6.92 Å². The van der Waals surface area contributed by atoms with Gasteiger partial charge >= 0.3 is 0 Å². The zero-order valence-electron chi connectivity index (χ0n) is 10.4. The van der Waals surface area contributed by atoms with E-state index in [1.807, 2.05) is 55.5 Å². The number of benzene rings is 2. The second kappa shape index (κ2) is 4.67. The Morgan fingerprint density at radius 2 is 1.74 bits per heavy atom. The van der Waals surface area contributed by atoms with Gasteiger partial charge in [0.2, 0.25) is 0 Å². The van der Waals surface area contributed by atoms with Crippen LogP contribution >= 0.6 is 15.9 Å².